The molecular formula is C16H20N2O3. The highest BCUT2D eigenvalue weighted by molar-refractivity contribution is 5.89. The zero-order valence-corrected chi connectivity index (χ0v) is 12.5. The average Bonchev–Trinajstić information content (AvgIpc) is 2.47. The van der Waals surface area contributed by atoms with Crippen LogP contribution in [0, 0.1) is 11.3 Å². The number of hydrogen-bond acceptors (Lipinski definition) is 3. The van der Waals surface area contributed by atoms with Crippen molar-refractivity contribution in [2.75, 3.05) is 7.05 Å². The van der Waals surface area contributed by atoms with Crippen LogP contribution >= 0.6 is 0 Å². The summed E-state index contributed by atoms with van der Waals surface area (Å²) in [7, 11) is 1.59. The first kappa shape index (κ1) is 16.7. The molecule has 0 saturated heterocycles. The zero-order chi connectivity index (χ0) is 16.0. The summed E-state index contributed by atoms with van der Waals surface area (Å²) in [5.41, 5.74) is -0.689. The highest BCUT2D eigenvalue weighted by Gasteiger charge is 2.38. The Balaban J connectivity index is 2.97. The lowest BCUT2D eigenvalue weighted by Gasteiger charge is -2.29. The fourth-order valence-electron chi connectivity index (χ4n) is 2.05. The summed E-state index contributed by atoms with van der Waals surface area (Å²) in [6, 6.07) is 10.5. The predicted molar refractivity (Wildman–Crippen MR) is 78.5 cm³/mol. The lowest BCUT2D eigenvalue weighted by atomic mass is 9.79. The average molecular weight is 288 g/mol. The first-order valence-electron chi connectivity index (χ1n) is 6.74. The van der Waals surface area contributed by atoms with Crippen molar-refractivity contribution in [1.82, 2.24) is 4.90 Å². The topological polar surface area (TPSA) is 81.4 Å². The molecular weight excluding hydrogens is 268 g/mol. The molecule has 5 nitrogen and oxygen atoms in total. The molecule has 0 aromatic heterocycles. The van der Waals surface area contributed by atoms with Crippen molar-refractivity contribution in [3.05, 3.63) is 35.9 Å². The van der Waals surface area contributed by atoms with Crippen molar-refractivity contribution in [3.63, 3.8) is 0 Å². The monoisotopic (exact) mass is 288 g/mol. The fourth-order valence-corrected chi connectivity index (χ4v) is 2.05. The highest BCUT2D eigenvalue weighted by atomic mass is 16.4. The van der Waals surface area contributed by atoms with E-state index in [0.717, 1.165) is 0 Å². The minimum absolute atomic E-state index is 0.140. The molecule has 2 atom stereocenters. The van der Waals surface area contributed by atoms with E-state index < -0.39 is 11.4 Å². The van der Waals surface area contributed by atoms with Crippen LogP contribution in [-0.2, 0) is 15.0 Å². The first-order valence-corrected chi connectivity index (χ1v) is 6.74. The minimum atomic E-state index is -1.28. The molecule has 0 aliphatic rings. The Labute approximate surface area is 124 Å². The molecule has 0 saturated carbocycles. The van der Waals surface area contributed by atoms with Crippen molar-refractivity contribution in [2.45, 2.75) is 38.1 Å². The van der Waals surface area contributed by atoms with Crippen LogP contribution in [0.3, 0.4) is 0 Å². The van der Waals surface area contributed by atoms with Crippen LogP contribution in [0.1, 0.15) is 32.3 Å². The summed E-state index contributed by atoms with van der Waals surface area (Å²) in [5, 5.41) is 18.2. The Hall–Kier alpha value is -2.35. The maximum Gasteiger partial charge on any atom is 0.314 e. The van der Waals surface area contributed by atoms with Crippen molar-refractivity contribution in [2.24, 2.45) is 0 Å². The number of aliphatic carboxylic acids is 1. The second kappa shape index (κ2) is 6.89. The van der Waals surface area contributed by atoms with Gasteiger partial charge in [0.1, 0.15) is 0 Å². The van der Waals surface area contributed by atoms with E-state index in [4.69, 9.17) is 5.26 Å². The molecule has 1 rings (SSSR count). The molecule has 0 spiro atoms. The van der Waals surface area contributed by atoms with Crippen molar-refractivity contribution >= 4 is 11.9 Å². The fraction of sp³-hybridized carbons (Fsp3) is 0.438. The van der Waals surface area contributed by atoms with Crippen LogP contribution in [0.2, 0.25) is 0 Å². The molecule has 0 bridgehead atoms. The number of hydrogen-bond donors (Lipinski definition) is 1. The normalized spacial score (nSPS) is 14.6. The quantitative estimate of drug-likeness (QED) is 0.869. The number of carbonyl (C=O) groups excluding carboxylic acids is 1. The maximum atomic E-state index is 12.3. The van der Waals surface area contributed by atoms with E-state index in [-0.39, 0.29) is 24.8 Å². The van der Waals surface area contributed by atoms with Gasteiger partial charge in [0.05, 0.1) is 17.9 Å². The third-order valence-electron chi connectivity index (χ3n) is 3.83. The van der Waals surface area contributed by atoms with E-state index in [2.05, 4.69) is 0 Å². The molecule has 21 heavy (non-hydrogen) atoms. The van der Waals surface area contributed by atoms with Gasteiger partial charge in [-0.25, -0.2) is 0 Å². The van der Waals surface area contributed by atoms with Crippen molar-refractivity contribution < 1.29 is 14.7 Å². The highest BCUT2D eigenvalue weighted by Crippen LogP contribution is 2.29. The Morgan fingerprint density at radius 1 is 1.38 bits per heavy atom. The van der Waals surface area contributed by atoms with E-state index in [0.29, 0.717) is 5.56 Å². The summed E-state index contributed by atoms with van der Waals surface area (Å²) < 4.78 is 0. The summed E-state index contributed by atoms with van der Waals surface area (Å²) in [6.45, 7) is 3.31. The van der Waals surface area contributed by atoms with Crippen LogP contribution in [-0.4, -0.2) is 35.0 Å². The molecule has 112 valence electrons. The van der Waals surface area contributed by atoms with Crippen LogP contribution in [0.4, 0.5) is 0 Å². The second-order valence-corrected chi connectivity index (χ2v) is 5.40. The van der Waals surface area contributed by atoms with Gasteiger partial charge in [-0.15, -0.1) is 0 Å². The minimum Gasteiger partial charge on any atom is -0.481 e. The zero-order valence-electron chi connectivity index (χ0n) is 12.5. The summed E-state index contributed by atoms with van der Waals surface area (Å²) in [5.74, 6) is -1.32. The molecule has 1 aromatic carbocycles. The standard InChI is InChI=1S/C16H20N2O3/c1-12(9-10-17)18(3)14(19)11-16(2,15(20)21)13-7-5-4-6-8-13/h4-8,12H,9,11H2,1-3H3,(H,20,21). The van der Waals surface area contributed by atoms with Gasteiger partial charge in [0.25, 0.3) is 0 Å². The molecule has 0 aliphatic heterocycles. The van der Waals surface area contributed by atoms with Crippen LogP contribution in [0.15, 0.2) is 30.3 Å². The van der Waals surface area contributed by atoms with E-state index in [1.54, 1.807) is 51.2 Å². The lowest BCUT2D eigenvalue weighted by Crippen LogP contribution is -2.42. The Morgan fingerprint density at radius 3 is 2.43 bits per heavy atom. The molecule has 5 heteroatoms. The second-order valence-electron chi connectivity index (χ2n) is 5.40. The maximum absolute atomic E-state index is 12.3. The van der Waals surface area contributed by atoms with Crippen molar-refractivity contribution in [3.8, 4) is 6.07 Å². The molecule has 0 heterocycles. The number of nitriles is 1. The van der Waals surface area contributed by atoms with Gasteiger partial charge in [-0.3, -0.25) is 9.59 Å². The third-order valence-corrected chi connectivity index (χ3v) is 3.83. The number of amides is 1. The number of carboxylic acid groups (broad SMARTS) is 1. The molecule has 0 radical (unpaired) electrons. The van der Waals surface area contributed by atoms with Gasteiger partial charge in [0.15, 0.2) is 0 Å². The van der Waals surface area contributed by atoms with Crippen LogP contribution < -0.4 is 0 Å². The number of carboxylic acids is 1. The molecule has 0 fully saturated rings. The smallest absolute Gasteiger partial charge is 0.314 e. The van der Waals surface area contributed by atoms with Gasteiger partial charge in [0, 0.05) is 19.5 Å². The third kappa shape index (κ3) is 3.82. The van der Waals surface area contributed by atoms with Gasteiger partial charge < -0.3 is 10.0 Å². The number of carbonyl (C=O) groups is 2. The lowest BCUT2D eigenvalue weighted by molar-refractivity contribution is -0.147. The number of benzene rings is 1. The predicted octanol–water partition coefficient (Wildman–Crippen LogP) is 2.18. The summed E-state index contributed by atoms with van der Waals surface area (Å²) in [6.07, 6.45) is 0.0793. The van der Waals surface area contributed by atoms with Gasteiger partial charge in [-0.05, 0) is 19.4 Å². The van der Waals surface area contributed by atoms with Crippen molar-refractivity contribution in [1.29, 1.82) is 5.26 Å². The van der Waals surface area contributed by atoms with Crippen LogP contribution in [0.25, 0.3) is 0 Å². The Bertz CT molecular complexity index is 550. The summed E-state index contributed by atoms with van der Waals surface area (Å²) >= 11 is 0. The summed E-state index contributed by atoms with van der Waals surface area (Å²) in [4.78, 5) is 25.4. The molecule has 1 aromatic rings. The van der Waals surface area contributed by atoms with Gasteiger partial charge in [-0.1, -0.05) is 30.3 Å². The van der Waals surface area contributed by atoms with Gasteiger partial charge in [-0.2, -0.15) is 5.26 Å². The molecule has 1 N–H and O–H groups in total. The number of rotatable bonds is 6. The first-order chi connectivity index (χ1) is 9.82. The van der Waals surface area contributed by atoms with Gasteiger partial charge >= 0.3 is 5.97 Å². The molecule has 0 aliphatic carbocycles. The molecule has 2 unspecified atom stereocenters. The van der Waals surface area contributed by atoms with E-state index in [1.165, 1.54) is 4.90 Å². The number of nitrogens with zero attached hydrogens (tertiary/aromatic N) is 2. The SMILES string of the molecule is CC(CC#N)N(C)C(=O)CC(C)(C(=O)O)c1ccccc1. The van der Waals surface area contributed by atoms with E-state index in [9.17, 15) is 14.7 Å². The van der Waals surface area contributed by atoms with E-state index in [1.807, 2.05) is 6.07 Å². The van der Waals surface area contributed by atoms with Crippen LogP contribution in [0.5, 0.6) is 0 Å². The van der Waals surface area contributed by atoms with E-state index >= 15 is 0 Å². The Kier molecular flexibility index (Phi) is 5.48. The molecule has 1 amide bonds. The Morgan fingerprint density at radius 2 is 1.95 bits per heavy atom. The largest absolute Gasteiger partial charge is 0.481 e. The van der Waals surface area contributed by atoms with Gasteiger partial charge in [0.2, 0.25) is 5.91 Å².